The summed E-state index contributed by atoms with van der Waals surface area (Å²) in [4.78, 5) is 6.72. The Bertz CT molecular complexity index is 623. The summed E-state index contributed by atoms with van der Waals surface area (Å²) in [5.74, 6) is -0.333. The molecule has 1 aromatic heterocycles. The summed E-state index contributed by atoms with van der Waals surface area (Å²) >= 11 is 0. The zero-order valence-electron chi connectivity index (χ0n) is 12.1. The second-order valence-electron chi connectivity index (χ2n) is 5.55. The van der Waals surface area contributed by atoms with Gasteiger partial charge in [-0.2, -0.15) is 0 Å². The van der Waals surface area contributed by atoms with Crippen LogP contribution >= 0.6 is 0 Å². The molecule has 3 N–H and O–H groups in total. The largest absolute Gasteiger partial charge is 0.398 e. The van der Waals surface area contributed by atoms with Gasteiger partial charge in [-0.3, -0.25) is 4.98 Å². The molecule has 1 aliphatic rings. The molecule has 1 aromatic carbocycles. The van der Waals surface area contributed by atoms with Crippen LogP contribution in [0.5, 0.6) is 0 Å². The molecule has 1 aliphatic heterocycles. The summed E-state index contributed by atoms with van der Waals surface area (Å²) < 4.78 is 14.1. The van der Waals surface area contributed by atoms with Crippen LogP contribution < -0.4 is 11.1 Å². The third kappa shape index (κ3) is 3.08. The number of rotatable bonds is 5. The first-order chi connectivity index (χ1) is 10.3. The van der Waals surface area contributed by atoms with Gasteiger partial charge >= 0.3 is 0 Å². The first-order valence-electron chi connectivity index (χ1n) is 7.54. The van der Waals surface area contributed by atoms with Gasteiger partial charge in [-0.05, 0) is 57.1 Å². The monoisotopic (exact) mass is 288 g/mol. The number of benzene rings is 1. The molecule has 2 heterocycles. The Morgan fingerprint density at radius 2 is 2.14 bits per heavy atom. The van der Waals surface area contributed by atoms with E-state index in [1.165, 1.54) is 32.0 Å². The van der Waals surface area contributed by atoms with Crippen molar-refractivity contribution in [3.63, 3.8) is 0 Å². The lowest BCUT2D eigenvalue weighted by atomic mass is 10.1. The van der Waals surface area contributed by atoms with Crippen molar-refractivity contribution >= 4 is 22.3 Å². The Hall–Kier alpha value is -1.88. The Morgan fingerprint density at radius 1 is 1.33 bits per heavy atom. The maximum Gasteiger partial charge on any atom is 0.150 e. The fourth-order valence-electron chi connectivity index (χ4n) is 2.93. The Balaban J connectivity index is 1.68. The highest BCUT2D eigenvalue weighted by atomic mass is 19.1. The van der Waals surface area contributed by atoms with Crippen molar-refractivity contribution in [3.05, 3.63) is 30.2 Å². The number of likely N-dealkylation sites (tertiary alicyclic amines) is 1. The van der Waals surface area contributed by atoms with Gasteiger partial charge in [0.15, 0.2) is 5.82 Å². The van der Waals surface area contributed by atoms with Crippen molar-refractivity contribution in [2.45, 2.75) is 19.3 Å². The number of nitrogens with two attached hydrogens (primary N) is 1. The number of nitrogen functional groups attached to an aromatic ring is 1. The smallest absolute Gasteiger partial charge is 0.150 e. The molecule has 0 spiro atoms. The Labute approximate surface area is 124 Å². The second kappa shape index (κ2) is 6.26. The average Bonchev–Trinajstić information content (AvgIpc) is 2.99. The molecule has 4 nitrogen and oxygen atoms in total. The fourth-order valence-corrected chi connectivity index (χ4v) is 2.93. The second-order valence-corrected chi connectivity index (χ2v) is 5.55. The van der Waals surface area contributed by atoms with Gasteiger partial charge < -0.3 is 16.0 Å². The number of pyridine rings is 1. The van der Waals surface area contributed by atoms with E-state index in [1.54, 1.807) is 6.20 Å². The van der Waals surface area contributed by atoms with Crippen LogP contribution in [0.25, 0.3) is 10.9 Å². The highest BCUT2D eigenvalue weighted by molar-refractivity contribution is 5.98. The number of hydrogen-bond acceptors (Lipinski definition) is 4. The van der Waals surface area contributed by atoms with Crippen molar-refractivity contribution in [1.29, 1.82) is 0 Å². The van der Waals surface area contributed by atoms with Gasteiger partial charge in [0.05, 0.1) is 11.2 Å². The molecule has 0 aliphatic carbocycles. The van der Waals surface area contributed by atoms with Crippen LogP contribution in [0.2, 0.25) is 0 Å². The van der Waals surface area contributed by atoms with Crippen LogP contribution in [0.4, 0.5) is 15.8 Å². The van der Waals surface area contributed by atoms with Crippen molar-refractivity contribution < 1.29 is 4.39 Å². The predicted octanol–water partition coefficient (Wildman–Crippen LogP) is 2.85. The Morgan fingerprint density at radius 3 is 2.95 bits per heavy atom. The zero-order valence-corrected chi connectivity index (χ0v) is 12.1. The van der Waals surface area contributed by atoms with Crippen LogP contribution in [-0.4, -0.2) is 36.1 Å². The van der Waals surface area contributed by atoms with Crippen molar-refractivity contribution in [2.24, 2.45) is 0 Å². The van der Waals surface area contributed by atoms with E-state index >= 15 is 0 Å². The summed E-state index contributed by atoms with van der Waals surface area (Å²) in [6, 6.07) is 5.05. The van der Waals surface area contributed by atoms with E-state index in [1.807, 2.05) is 12.1 Å². The number of fused-ring (bicyclic) bond motifs is 1. The van der Waals surface area contributed by atoms with Crippen molar-refractivity contribution in [3.8, 4) is 0 Å². The van der Waals surface area contributed by atoms with Gasteiger partial charge in [0, 0.05) is 23.8 Å². The SMILES string of the molecule is Nc1cc(F)c(NCCCN2CCCC2)c2ncccc12. The van der Waals surface area contributed by atoms with Crippen molar-refractivity contribution in [2.75, 3.05) is 37.2 Å². The van der Waals surface area contributed by atoms with Crippen molar-refractivity contribution in [1.82, 2.24) is 9.88 Å². The van der Waals surface area contributed by atoms with Gasteiger partial charge in [-0.25, -0.2) is 4.39 Å². The summed E-state index contributed by atoms with van der Waals surface area (Å²) in [6.45, 7) is 4.19. The topological polar surface area (TPSA) is 54.2 Å². The third-order valence-electron chi connectivity index (χ3n) is 4.03. The maximum absolute atomic E-state index is 14.1. The number of halogens is 1. The van der Waals surface area contributed by atoms with Gasteiger partial charge in [0.25, 0.3) is 0 Å². The van der Waals surface area contributed by atoms with Crippen LogP contribution in [0.1, 0.15) is 19.3 Å². The number of anilines is 2. The number of hydrogen-bond donors (Lipinski definition) is 2. The number of nitrogens with zero attached hydrogens (tertiary/aromatic N) is 2. The molecule has 0 bridgehead atoms. The highest BCUT2D eigenvalue weighted by Gasteiger charge is 2.13. The van der Waals surface area contributed by atoms with Crippen LogP contribution in [-0.2, 0) is 0 Å². The molecule has 21 heavy (non-hydrogen) atoms. The van der Waals surface area contributed by atoms with Gasteiger partial charge in [0.1, 0.15) is 0 Å². The summed E-state index contributed by atoms with van der Waals surface area (Å²) in [7, 11) is 0. The molecule has 5 heteroatoms. The quantitative estimate of drug-likeness (QED) is 0.656. The maximum atomic E-state index is 14.1. The summed E-state index contributed by atoms with van der Waals surface area (Å²) in [5, 5.41) is 3.98. The molecule has 112 valence electrons. The molecule has 1 saturated heterocycles. The highest BCUT2D eigenvalue weighted by Crippen LogP contribution is 2.29. The first-order valence-corrected chi connectivity index (χ1v) is 7.54. The molecule has 0 amide bonds. The van der Waals surface area contributed by atoms with Gasteiger partial charge in [0.2, 0.25) is 0 Å². The Kier molecular flexibility index (Phi) is 4.20. The van der Waals surface area contributed by atoms with E-state index in [9.17, 15) is 4.39 Å². The predicted molar refractivity (Wildman–Crippen MR) is 84.9 cm³/mol. The van der Waals surface area contributed by atoms with E-state index in [4.69, 9.17) is 5.73 Å². The zero-order chi connectivity index (χ0) is 14.7. The van der Waals surface area contributed by atoms with Gasteiger partial charge in [-0.15, -0.1) is 0 Å². The lowest BCUT2D eigenvalue weighted by molar-refractivity contribution is 0.337. The van der Waals surface area contributed by atoms with E-state index < -0.39 is 0 Å². The van der Waals surface area contributed by atoms with Crippen LogP contribution in [0.15, 0.2) is 24.4 Å². The van der Waals surface area contributed by atoms with Crippen LogP contribution in [0, 0.1) is 5.82 Å². The third-order valence-corrected chi connectivity index (χ3v) is 4.03. The molecule has 0 atom stereocenters. The molecule has 3 rings (SSSR count). The minimum atomic E-state index is -0.333. The first kappa shape index (κ1) is 14.1. The molecular weight excluding hydrogens is 267 g/mol. The normalized spacial score (nSPS) is 15.7. The lowest BCUT2D eigenvalue weighted by Crippen LogP contribution is -2.22. The van der Waals surface area contributed by atoms with Gasteiger partial charge in [-0.1, -0.05) is 0 Å². The lowest BCUT2D eigenvalue weighted by Gasteiger charge is -2.15. The summed E-state index contributed by atoms with van der Waals surface area (Å²) in [6.07, 6.45) is 5.26. The van der Waals surface area contributed by atoms with E-state index in [-0.39, 0.29) is 5.82 Å². The average molecular weight is 288 g/mol. The fraction of sp³-hybridized carbons (Fsp3) is 0.438. The van der Waals surface area contributed by atoms with E-state index in [0.717, 1.165) is 24.9 Å². The molecule has 0 saturated carbocycles. The number of nitrogens with one attached hydrogen (secondary N) is 1. The standard InChI is InChI=1S/C16H21FN4/c17-13-11-14(18)12-5-3-6-19-15(12)16(13)20-7-4-10-21-8-1-2-9-21/h3,5-6,11,20H,1-2,4,7-10,18H2. The summed E-state index contributed by atoms with van der Waals surface area (Å²) in [5.41, 5.74) is 7.34. The molecule has 1 fully saturated rings. The van der Waals surface area contributed by atoms with Crippen LogP contribution in [0.3, 0.4) is 0 Å². The molecular formula is C16H21FN4. The number of aromatic nitrogens is 1. The minimum Gasteiger partial charge on any atom is -0.398 e. The van der Waals surface area contributed by atoms with E-state index in [2.05, 4.69) is 15.2 Å². The van der Waals surface area contributed by atoms with E-state index in [0.29, 0.717) is 16.9 Å². The molecule has 0 unspecified atom stereocenters. The molecule has 2 aromatic rings. The molecule has 0 radical (unpaired) electrons. The minimum absolute atomic E-state index is 0.333.